The smallest absolute Gasteiger partial charge is 0.120 e. The first-order chi connectivity index (χ1) is 13.0. The number of ether oxygens (including phenoxy) is 1. The molecule has 3 rings (SSSR count). The predicted molar refractivity (Wildman–Crippen MR) is 111 cm³/mol. The van der Waals surface area contributed by atoms with Crippen LogP contribution in [-0.4, -0.2) is 21.1 Å². The Morgan fingerprint density at radius 3 is 2.48 bits per heavy atom. The van der Waals surface area contributed by atoms with Gasteiger partial charge in [-0.1, -0.05) is 12.1 Å². The Balaban J connectivity index is 2.11. The van der Waals surface area contributed by atoms with Gasteiger partial charge in [-0.25, -0.2) is 4.21 Å². The van der Waals surface area contributed by atoms with E-state index >= 15 is 0 Å². The van der Waals surface area contributed by atoms with Crippen LogP contribution in [-0.2, 0) is 17.5 Å². The van der Waals surface area contributed by atoms with E-state index in [4.69, 9.17) is 4.74 Å². The van der Waals surface area contributed by atoms with Crippen molar-refractivity contribution in [3.8, 4) is 23.1 Å². The number of methoxy groups -OCH3 is 1. The average Bonchev–Trinajstić information content (AvgIpc) is 3.00. The third kappa shape index (κ3) is 3.56. The molecule has 5 nitrogen and oxygen atoms in total. The van der Waals surface area contributed by atoms with Crippen LogP contribution in [0.3, 0.4) is 0 Å². The van der Waals surface area contributed by atoms with Crippen LogP contribution >= 0.6 is 0 Å². The summed E-state index contributed by atoms with van der Waals surface area (Å²) < 4.78 is 22.5. The van der Waals surface area contributed by atoms with Crippen molar-refractivity contribution in [2.24, 2.45) is 0 Å². The summed E-state index contributed by atoms with van der Waals surface area (Å²) in [5.41, 5.74) is 4.27. The number of nitriles is 1. The van der Waals surface area contributed by atoms with Gasteiger partial charge in [-0.3, -0.25) is 0 Å². The highest BCUT2D eigenvalue weighted by molar-refractivity contribution is 7.86. The largest absolute Gasteiger partial charge is 0.497 e. The van der Waals surface area contributed by atoms with Gasteiger partial charge in [-0.2, -0.15) is 5.26 Å². The van der Waals surface area contributed by atoms with Crippen LogP contribution < -0.4 is 9.46 Å². The van der Waals surface area contributed by atoms with Gasteiger partial charge in [0, 0.05) is 28.9 Å². The van der Waals surface area contributed by atoms with E-state index in [9.17, 15) is 9.47 Å². The highest BCUT2D eigenvalue weighted by atomic mass is 32.2. The van der Waals surface area contributed by atoms with E-state index in [2.05, 4.69) is 22.3 Å². The number of nitrogens with one attached hydrogen (secondary N) is 1. The Morgan fingerprint density at radius 2 is 1.93 bits per heavy atom. The minimum absolute atomic E-state index is 0.0347. The molecule has 6 heteroatoms. The summed E-state index contributed by atoms with van der Waals surface area (Å²) in [4.78, 5) is 0. The fourth-order valence-corrected chi connectivity index (χ4v) is 3.73. The van der Waals surface area contributed by atoms with Crippen molar-refractivity contribution in [3.05, 3.63) is 48.0 Å². The fraction of sp³-hybridized carbons (Fsp3) is 0.286. The third-order valence-electron chi connectivity index (χ3n) is 4.50. The summed E-state index contributed by atoms with van der Waals surface area (Å²) in [7, 11) is 0.515. The van der Waals surface area contributed by atoms with Crippen molar-refractivity contribution in [1.82, 2.24) is 4.57 Å². The molecule has 0 radical (unpaired) electrons. The number of hydrogen-bond acceptors (Lipinski definition) is 3. The van der Waals surface area contributed by atoms with Crippen LogP contribution in [0.1, 0.15) is 26.3 Å². The molecule has 0 amide bonds. The van der Waals surface area contributed by atoms with Crippen LogP contribution in [0.4, 0.5) is 5.69 Å². The number of hydrogen-bond donors (Lipinski definition) is 1. The molecule has 1 heterocycles. The van der Waals surface area contributed by atoms with Gasteiger partial charge in [0.15, 0.2) is 0 Å². The minimum Gasteiger partial charge on any atom is -0.497 e. The molecular formula is C21H23N3O2S. The number of aryl methyl sites for hydroxylation is 1. The molecule has 0 aliphatic rings. The SMILES string of the molecule is CCn1c(-c2ccc(NS(=O)C(C)C)cc2)c(C#N)c2ccc(OC)cc21. The first-order valence-corrected chi connectivity index (χ1v) is 10.1. The zero-order valence-corrected chi connectivity index (χ0v) is 16.8. The van der Waals surface area contributed by atoms with Crippen LogP contribution in [0, 0.1) is 11.3 Å². The molecule has 0 fully saturated rings. The van der Waals surface area contributed by atoms with Crippen LogP contribution in [0.25, 0.3) is 22.2 Å². The van der Waals surface area contributed by atoms with Gasteiger partial charge in [0.05, 0.1) is 23.9 Å². The summed E-state index contributed by atoms with van der Waals surface area (Å²) in [6.45, 7) is 6.61. The van der Waals surface area contributed by atoms with E-state index in [1.54, 1.807) is 7.11 Å². The first kappa shape index (κ1) is 19.0. The summed E-state index contributed by atoms with van der Waals surface area (Å²) in [6.07, 6.45) is 0. The molecule has 1 atom stereocenters. The number of rotatable bonds is 6. The second kappa shape index (κ2) is 7.85. The average molecular weight is 382 g/mol. The van der Waals surface area contributed by atoms with Crippen molar-refractivity contribution in [2.45, 2.75) is 32.6 Å². The lowest BCUT2D eigenvalue weighted by molar-refractivity contribution is 0.415. The standard InChI is InChI=1S/C21H23N3O2S/c1-5-24-20-12-17(26-4)10-11-18(20)19(13-22)21(24)15-6-8-16(9-7-15)23-27(25)14(2)3/h6-12,14,23H,5H2,1-4H3. The Morgan fingerprint density at radius 1 is 1.22 bits per heavy atom. The normalized spacial score (nSPS) is 12.1. The molecule has 0 aliphatic carbocycles. The fourth-order valence-electron chi connectivity index (χ4n) is 3.13. The quantitative estimate of drug-likeness (QED) is 0.673. The lowest BCUT2D eigenvalue weighted by Crippen LogP contribution is -2.14. The number of fused-ring (bicyclic) bond motifs is 1. The van der Waals surface area contributed by atoms with Crippen LogP contribution in [0.15, 0.2) is 42.5 Å². The Kier molecular flexibility index (Phi) is 5.52. The summed E-state index contributed by atoms with van der Waals surface area (Å²) in [5.74, 6) is 0.765. The molecule has 27 heavy (non-hydrogen) atoms. The van der Waals surface area contributed by atoms with Crippen LogP contribution in [0.2, 0.25) is 0 Å². The molecule has 0 aliphatic heterocycles. The molecule has 0 saturated heterocycles. The monoisotopic (exact) mass is 381 g/mol. The Labute approximate surface area is 162 Å². The lowest BCUT2D eigenvalue weighted by atomic mass is 10.1. The van der Waals surface area contributed by atoms with Gasteiger partial charge in [-0.15, -0.1) is 0 Å². The van der Waals surface area contributed by atoms with Crippen LogP contribution in [0.5, 0.6) is 5.75 Å². The van der Waals surface area contributed by atoms with E-state index in [-0.39, 0.29) is 5.25 Å². The second-order valence-corrected chi connectivity index (χ2v) is 8.23. The van der Waals surface area contributed by atoms with Gasteiger partial charge in [0.1, 0.15) is 22.8 Å². The molecule has 0 bridgehead atoms. The third-order valence-corrected chi connectivity index (χ3v) is 5.80. The molecule has 1 N–H and O–H groups in total. The summed E-state index contributed by atoms with van der Waals surface area (Å²) >= 11 is 0. The first-order valence-electron chi connectivity index (χ1n) is 8.88. The van der Waals surface area contributed by atoms with E-state index in [1.165, 1.54) is 0 Å². The number of aromatic nitrogens is 1. The highest BCUT2D eigenvalue weighted by Gasteiger charge is 2.18. The van der Waals surface area contributed by atoms with Gasteiger partial charge < -0.3 is 14.0 Å². The number of nitrogens with zero attached hydrogens (tertiary/aromatic N) is 2. The Bertz CT molecular complexity index is 1030. The van der Waals surface area contributed by atoms with Gasteiger partial charge >= 0.3 is 0 Å². The second-order valence-electron chi connectivity index (χ2n) is 6.49. The Hall–Kier alpha value is -2.78. The zero-order chi connectivity index (χ0) is 19.6. The zero-order valence-electron chi connectivity index (χ0n) is 15.9. The number of benzene rings is 2. The maximum Gasteiger partial charge on any atom is 0.120 e. The molecule has 3 aromatic rings. The number of anilines is 1. The van der Waals surface area contributed by atoms with Crippen molar-refractivity contribution in [3.63, 3.8) is 0 Å². The van der Waals surface area contributed by atoms with Crippen molar-refractivity contribution < 1.29 is 8.95 Å². The molecule has 0 spiro atoms. The van der Waals surface area contributed by atoms with Crippen molar-refractivity contribution in [1.29, 1.82) is 5.26 Å². The molecule has 1 unspecified atom stereocenters. The summed E-state index contributed by atoms with van der Waals surface area (Å²) in [5, 5.41) is 10.8. The topological polar surface area (TPSA) is 67.0 Å². The lowest BCUT2D eigenvalue weighted by Gasteiger charge is -2.11. The maximum atomic E-state index is 12.0. The summed E-state index contributed by atoms with van der Waals surface area (Å²) in [6, 6.07) is 15.8. The molecular weight excluding hydrogens is 358 g/mol. The highest BCUT2D eigenvalue weighted by Crippen LogP contribution is 2.35. The van der Waals surface area contributed by atoms with Gasteiger partial charge in [-0.05, 0) is 50.6 Å². The molecule has 0 saturated carbocycles. The van der Waals surface area contributed by atoms with E-state index in [1.807, 2.05) is 56.3 Å². The van der Waals surface area contributed by atoms with Gasteiger partial charge in [0.2, 0.25) is 0 Å². The van der Waals surface area contributed by atoms with Gasteiger partial charge in [0.25, 0.3) is 0 Å². The predicted octanol–water partition coefficient (Wildman–Crippen LogP) is 4.69. The minimum atomic E-state index is -1.12. The van der Waals surface area contributed by atoms with E-state index in [0.29, 0.717) is 5.56 Å². The molecule has 1 aromatic heterocycles. The maximum absolute atomic E-state index is 12.0. The van der Waals surface area contributed by atoms with Crippen molar-refractivity contribution >= 4 is 27.6 Å². The van der Waals surface area contributed by atoms with E-state index < -0.39 is 11.0 Å². The van der Waals surface area contributed by atoms with E-state index in [0.717, 1.165) is 40.1 Å². The van der Waals surface area contributed by atoms with Crippen molar-refractivity contribution in [2.75, 3.05) is 11.8 Å². The molecule has 2 aromatic carbocycles. The molecule has 140 valence electrons.